The van der Waals surface area contributed by atoms with E-state index in [1.165, 1.54) is 0 Å². The molecule has 0 aliphatic heterocycles. The first kappa shape index (κ1) is 11.8. The predicted octanol–water partition coefficient (Wildman–Crippen LogP) is 3.56. The van der Waals surface area contributed by atoms with Crippen LogP contribution in [0.2, 0.25) is 0 Å². The number of carbonyl (C=O) groups is 1. The molecular weight excluding hydrogens is 279 g/mol. The molecule has 3 nitrogen and oxygen atoms in total. The highest BCUT2D eigenvalue weighted by atomic mass is 79.9. The molecule has 0 spiro atoms. The standard InChI is InChI=1S/C8H5BrF3NO2/c9-5-2-1-4(8(10,11)12)3-6(5)13-7(14)15/h1-3,13H,(H,14,15). The molecule has 1 amide bonds. The van der Waals surface area contributed by atoms with Crippen molar-refractivity contribution in [2.24, 2.45) is 0 Å². The maximum absolute atomic E-state index is 12.2. The zero-order valence-corrected chi connectivity index (χ0v) is 8.69. The summed E-state index contributed by atoms with van der Waals surface area (Å²) >= 11 is 2.93. The summed E-state index contributed by atoms with van der Waals surface area (Å²) in [5.74, 6) is 0. The van der Waals surface area contributed by atoms with Crippen LogP contribution in [0.1, 0.15) is 5.56 Å². The number of alkyl halides is 3. The van der Waals surface area contributed by atoms with E-state index in [4.69, 9.17) is 5.11 Å². The Balaban J connectivity index is 3.11. The van der Waals surface area contributed by atoms with Gasteiger partial charge in [-0.2, -0.15) is 13.2 Å². The molecule has 2 N–H and O–H groups in total. The average molecular weight is 284 g/mol. The highest BCUT2D eigenvalue weighted by Gasteiger charge is 2.31. The van der Waals surface area contributed by atoms with E-state index in [1.54, 1.807) is 0 Å². The number of amides is 1. The van der Waals surface area contributed by atoms with Crippen LogP contribution in [-0.2, 0) is 6.18 Å². The topological polar surface area (TPSA) is 49.3 Å². The van der Waals surface area contributed by atoms with E-state index in [0.29, 0.717) is 0 Å². The summed E-state index contributed by atoms with van der Waals surface area (Å²) in [5, 5.41) is 10.2. The fourth-order valence-corrected chi connectivity index (χ4v) is 1.26. The van der Waals surface area contributed by atoms with Crippen molar-refractivity contribution in [2.45, 2.75) is 6.18 Å². The Morgan fingerprint density at radius 2 is 2.00 bits per heavy atom. The SMILES string of the molecule is O=C(O)Nc1cc(C(F)(F)F)ccc1Br. The highest BCUT2D eigenvalue weighted by molar-refractivity contribution is 9.10. The quantitative estimate of drug-likeness (QED) is 0.828. The van der Waals surface area contributed by atoms with Crippen LogP contribution in [0.15, 0.2) is 22.7 Å². The summed E-state index contributed by atoms with van der Waals surface area (Å²) < 4.78 is 37.0. The van der Waals surface area contributed by atoms with E-state index in [1.807, 2.05) is 5.32 Å². The lowest BCUT2D eigenvalue weighted by Crippen LogP contribution is -2.10. The van der Waals surface area contributed by atoms with Crippen molar-refractivity contribution in [2.75, 3.05) is 5.32 Å². The largest absolute Gasteiger partial charge is 0.465 e. The molecule has 0 radical (unpaired) electrons. The molecule has 82 valence electrons. The molecule has 15 heavy (non-hydrogen) atoms. The van der Waals surface area contributed by atoms with E-state index in [9.17, 15) is 18.0 Å². The van der Waals surface area contributed by atoms with Crippen molar-refractivity contribution in [3.63, 3.8) is 0 Å². The predicted molar refractivity (Wildman–Crippen MR) is 50.8 cm³/mol. The van der Waals surface area contributed by atoms with Gasteiger partial charge in [0.25, 0.3) is 0 Å². The lowest BCUT2D eigenvalue weighted by molar-refractivity contribution is -0.137. The summed E-state index contributed by atoms with van der Waals surface area (Å²) in [7, 11) is 0. The summed E-state index contributed by atoms with van der Waals surface area (Å²) in [6, 6.07) is 2.71. The fraction of sp³-hybridized carbons (Fsp3) is 0.125. The second-order valence-corrected chi connectivity index (χ2v) is 3.48. The van der Waals surface area contributed by atoms with E-state index >= 15 is 0 Å². The maximum atomic E-state index is 12.2. The summed E-state index contributed by atoms with van der Waals surface area (Å²) in [6.07, 6.45) is -5.91. The molecule has 1 aromatic rings. The minimum atomic E-state index is -4.49. The van der Waals surface area contributed by atoms with Crippen molar-refractivity contribution in [1.29, 1.82) is 0 Å². The first-order chi connectivity index (χ1) is 6.80. The van der Waals surface area contributed by atoms with E-state index < -0.39 is 17.8 Å². The van der Waals surface area contributed by atoms with Gasteiger partial charge in [0.2, 0.25) is 0 Å². The Morgan fingerprint density at radius 1 is 1.40 bits per heavy atom. The smallest absolute Gasteiger partial charge is 0.416 e. The van der Waals surface area contributed by atoms with Crippen LogP contribution in [0.5, 0.6) is 0 Å². The monoisotopic (exact) mass is 283 g/mol. The molecule has 0 saturated carbocycles. The molecule has 1 rings (SSSR count). The number of rotatable bonds is 1. The molecule has 7 heteroatoms. The summed E-state index contributed by atoms with van der Waals surface area (Å²) in [6.45, 7) is 0. The third-order valence-electron chi connectivity index (χ3n) is 1.54. The van der Waals surface area contributed by atoms with Crippen molar-refractivity contribution in [1.82, 2.24) is 0 Å². The van der Waals surface area contributed by atoms with Crippen LogP contribution in [0.4, 0.5) is 23.7 Å². The van der Waals surface area contributed by atoms with Gasteiger partial charge in [-0.15, -0.1) is 0 Å². The van der Waals surface area contributed by atoms with Gasteiger partial charge in [0.05, 0.1) is 11.3 Å². The average Bonchev–Trinajstić information content (AvgIpc) is 2.06. The lowest BCUT2D eigenvalue weighted by atomic mass is 10.2. The molecule has 0 fully saturated rings. The van der Waals surface area contributed by atoms with Gasteiger partial charge in [0, 0.05) is 4.47 Å². The molecule has 1 aromatic carbocycles. The second kappa shape index (κ2) is 4.09. The molecule has 0 aromatic heterocycles. The zero-order valence-electron chi connectivity index (χ0n) is 7.10. The first-order valence-electron chi connectivity index (χ1n) is 3.67. The Morgan fingerprint density at radius 3 is 2.47 bits per heavy atom. The molecule has 0 heterocycles. The Hall–Kier alpha value is -1.24. The molecule has 0 unspecified atom stereocenters. The normalized spacial score (nSPS) is 11.2. The second-order valence-electron chi connectivity index (χ2n) is 2.62. The molecule has 0 atom stereocenters. The van der Waals surface area contributed by atoms with Gasteiger partial charge in [-0.3, -0.25) is 5.32 Å². The third kappa shape index (κ3) is 3.12. The van der Waals surface area contributed by atoms with Gasteiger partial charge < -0.3 is 5.11 Å². The van der Waals surface area contributed by atoms with Gasteiger partial charge in [-0.25, -0.2) is 4.79 Å². The van der Waals surface area contributed by atoms with Crippen molar-refractivity contribution < 1.29 is 23.1 Å². The third-order valence-corrected chi connectivity index (χ3v) is 2.23. The number of hydrogen-bond acceptors (Lipinski definition) is 1. The minimum Gasteiger partial charge on any atom is -0.465 e. The van der Waals surface area contributed by atoms with Crippen LogP contribution in [0.25, 0.3) is 0 Å². The van der Waals surface area contributed by atoms with Crippen molar-refractivity contribution >= 4 is 27.7 Å². The first-order valence-corrected chi connectivity index (χ1v) is 4.46. The van der Waals surface area contributed by atoms with Crippen molar-refractivity contribution in [3.8, 4) is 0 Å². The molecule has 0 saturated heterocycles. The molecule has 0 bridgehead atoms. The molecular formula is C8H5BrF3NO2. The molecule has 0 aliphatic carbocycles. The Kier molecular flexibility index (Phi) is 3.23. The fourth-order valence-electron chi connectivity index (χ4n) is 0.913. The lowest BCUT2D eigenvalue weighted by Gasteiger charge is -2.09. The van der Waals surface area contributed by atoms with Gasteiger partial charge >= 0.3 is 12.3 Å². The number of benzene rings is 1. The zero-order chi connectivity index (χ0) is 11.6. The van der Waals surface area contributed by atoms with Crippen LogP contribution in [0, 0.1) is 0 Å². The van der Waals surface area contributed by atoms with Gasteiger partial charge in [-0.1, -0.05) is 0 Å². The number of hydrogen-bond donors (Lipinski definition) is 2. The van der Waals surface area contributed by atoms with Gasteiger partial charge in [0.15, 0.2) is 0 Å². The van der Waals surface area contributed by atoms with Crippen LogP contribution < -0.4 is 5.32 Å². The Bertz CT molecular complexity index is 392. The van der Waals surface area contributed by atoms with Crippen molar-refractivity contribution in [3.05, 3.63) is 28.2 Å². The van der Waals surface area contributed by atoms with Crippen LogP contribution in [0.3, 0.4) is 0 Å². The van der Waals surface area contributed by atoms with E-state index in [0.717, 1.165) is 18.2 Å². The summed E-state index contributed by atoms with van der Waals surface area (Å²) in [5.41, 5.74) is -1.05. The maximum Gasteiger partial charge on any atom is 0.416 e. The number of halogens is 4. The van der Waals surface area contributed by atoms with Crippen LogP contribution >= 0.6 is 15.9 Å². The van der Waals surface area contributed by atoms with E-state index in [-0.39, 0.29) is 10.2 Å². The van der Waals surface area contributed by atoms with Gasteiger partial charge in [0.1, 0.15) is 0 Å². The number of nitrogens with one attached hydrogen (secondary N) is 1. The van der Waals surface area contributed by atoms with E-state index in [2.05, 4.69) is 15.9 Å². The number of carboxylic acid groups (broad SMARTS) is 1. The molecule has 0 aliphatic rings. The summed E-state index contributed by atoms with van der Waals surface area (Å²) in [4.78, 5) is 10.3. The minimum absolute atomic E-state index is 0.141. The van der Waals surface area contributed by atoms with Gasteiger partial charge in [-0.05, 0) is 34.1 Å². The number of anilines is 1. The Labute approximate surface area is 91.0 Å². The highest BCUT2D eigenvalue weighted by Crippen LogP contribution is 2.33. The van der Waals surface area contributed by atoms with Crippen LogP contribution in [-0.4, -0.2) is 11.2 Å².